The Morgan fingerprint density at radius 3 is 2.07 bits per heavy atom. The summed E-state index contributed by atoms with van der Waals surface area (Å²) in [6.45, 7) is 0. The summed E-state index contributed by atoms with van der Waals surface area (Å²) >= 11 is 0. The second-order valence-corrected chi connectivity index (χ2v) is 9.42. The molecule has 1 heterocycles. The van der Waals surface area contributed by atoms with Gasteiger partial charge in [-0.1, -0.05) is 43.5 Å². The van der Waals surface area contributed by atoms with Gasteiger partial charge in [0.2, 0.25) is 0 Å². The monoisotopic (exact) mass is 406 g/mol. The maximum atomic E-state index is 12.7. The molecule has 1 aromatic heterocycles. The summed E-state index contributed by atoms with van der Waals surface area (Å²) < 4.78 is 28.2. The molecule has 0 saturated heterocycles. The van der Waals surface area contributed by atoms with Crippen molar-refractivity contribution >= 4 is 15.7 Å². The lowest BCUT2D eigenvalue weighted by atomic mass is 9.84. The first-order valence-corrected chi connectivity index (χ1v) is 11.7. The Labute approximate surface area is 173 Å². The molecule has 1 N–H and O–H groups in total. The van der Waals surface area contributed by atoms with Crippen LogP contribution in [0.5, 0.6) is 0 Å². The fourth-order valence-corrected chi connectivity index (χ4v) is 5.05. The van der Waals surface area contributed by atoms with Crippen molar-refractivity contribution < 1.29 is 8.42 Å². The SMILES string of the molecule is O=S(=O)(Nc1ccc(Cc2ccncc2)cc1)c1ccc(C2CCCCC2)cc1. The van der Waals surface area contributed by atoms with Gasteiger partial charge < -0.3 is 0 Å². The molecule has 0 amide bonds. The number of hydrogen-bond acceptors (Lipinski definition) is 3. The number of sulfonamides is 1. The molecule has 4 nitrogen and oxygen atoms in total. The number of anilines is 1. The summed E-state index contributed by atoms with van der Waals surface area (Å²) in [6, 6.07) is 18.9. The molecule has 1 fully saturated rings. The van der Waals surface area contributed by atoms with Crippen molar-refractivity contribution in [3.63, 3.8) is 0 Å². The number of hydrogen-bond donors (Lipinski definition) is 1. The summed E-state index contributed by atoms with van der Waals surface area (Å²) in [5.74, 6) is 0.571. The zero-order valence-corrected chi connectivity index (χ0v) is 17.2. The molecular weight excluding hydrogens is 380 g/mol. The first-order valence-electron chi connectivity index (χ1n) is 10.2. The average Bonchev–Trinajstić information content (AvgIpc) is 2.76. The van der Waals surface area contributed by atoms with E-state index in [-0.39, 0.29) is 0 Å². The van der Waals surface area contributed by atoms with Crippen LogP contribution in [0.25, 0.3) is 0 Å². The number of pyridine rings is 1. The minimum absolute atomic E-state index is 0.304. The van der Waals surface area contributed by atoms with Crippen molar-refractivity contribution in [1.82, 2.24) is 4.98 Å². The van der Waals surface area contributed by atoms with E-state index in [0.29, 0.717) is 16.5 Å². The smallest absolute Gasteiger partial charge is 0.261 e. The van der Waals surface area contributed by atoms with Gasteiger partial charge in [-0.2, -0.15) is 0 Å². The van der Waals surface area contributed by atoms with Gasteiger partial charge in [-0.15, -0.1) is 0 Å². The minimum atomic E-state index is -3.59. The summed E-state index contributed by atoms with van der Waals surface area (Å²) in [5.41, 5.74) is 4.12. The zero-order valence-electron chi connectivity index (χ0n) is 16.4. The molecule has 1 saturated carbocycles. The molecule has 2 aromatic carbocycles. The number of aromatic nitrogens is 1. The van der Waals surface area contributed by atoms with E-state index in [0.717, 1.165) is 12.0 Å². The van der Waals surface area contributed by atoms with Crippen LogP contribution < -0.4 is 4.72 Å². The molecule has 1 aliphatic rings. The van der Waals surface area contributed by atoms with Crippen molar-refractivity contribution in [3.05, 3.63) is 89.7 Å². The normalized spacial score (nSPS) is 15.2. The van der Waals surface area contributed by atoms with Crippen molar-refractivity contribution in [3.8, 4) is 0 Å². The second-order valence-electron chi connectivity index (χ2n) is 7.74. The standard InChI is InChI=1S/C24H26N2O2S/c27-29(28,24-12-8-22(9-13-24)21-4-2-1-3-5-21)26-23-10-6-19(7-11-23)18-20-14-16-25-17-15-20/h6-17,21,26H,1-5,18H2. The highest BCUT2D eigenvalue weighted by Gasteiger charge is 2.18. The van der Waals surface area contributed by atoms with Gasteiger partial charge in [0.25, 0.3) is 10.0 Å². The molecule has 0 atom stereocenters. The Hall–Kier alpha value is -2.66. The van der Waals surface area contributed by atoms with Gasteiger partial charge in [-0.05, 0) is 78.3 Å². The Kier molecular flexibility index (Phi) is 5.95. The number of benzene rings is 2. The van der Waals surface area contributed by atoms with E-state index in [2.05, 4.69) is 9.71 Å². The average molecular weight is 407 g/mol. The fraction of sp³-hybridized carbons (Fsp3) is 0.292. The molecule has 5 heteroatoms. The molecule has 0 aliphatic heterocycles. The van der Waals surface area contributed by atoms with Crippen molar-refractivity contribution in [1.29, 1.82) is 0 Å². The van der Waals surface area contributed by atoms with Gasteiger partial charge in [0.1, 0.15) is 0 Å². The summed E-state index contributed by atoms with van der Waals surface area (Å²) in [6.07, 6.45) is 10.6. The highest BCUT2D eigenvalue weighted by Crippen LogP contribution is 2.33. The van der Waals surface area contributed by atoms with Crippen molar-refractivity contribution in [2.24, 2.45) is 0 Å². The summed E-state index contributed by atoms with van der Waals surface area (Å²) in [4.78, 5) is 4.33. The highest BCUT2D eigenvalue weighted by atomic mass is 32.2. The highest BCUT2D eigenvalue weighted by molar-refractivity contribution is 7.92. The molecule has 1 aliphatic carbocycles. The predicted molar refractivity (Wildman–Crippen MR) is 117 cm³/mol. The second kappa shape index (κ2) is 8.78. The van der Waals surface area contributed by atoms with Crippen molar-refractivity contribution in [2.75, 3.05) is 4.72 Å². The summed E-state index contributed by atoms with van der Waals surface area (Å²) in [7, 11) is -3.59. The van der Waals surface area contributed by atoms with E-state index in [9.17, 15) is 8.42 Å². The Morgan fingerprint density at radius 1 is 0.793 bits per heavy atom. The van der Waals surface area contributed by atoms with E-state index in [1.807, 2.05) is 48.5 Å². The van der Waals surface area contributed by atoms with Crippen LogP contribution in [-0.2, 0) is 16.4 Å². The molecule has 0 bridgehead atoms. The van der Waals surface area contributed by atoms with E-state index in [1.54, 1.807) is 24.5 Å². The third kappa shape index (κ3) is 5.04. The van der Waals surface area contributed by atoms with Crippen LogP contribution in [0.1, 0.15) is 54.7 Å². The molecular formula is C24H26N2O2S. The quantitative estimate of drug-likeness (QED) is 0.586. The molecule has 0 unspecified atom stereocenters. The Morgan fingerprint density at radius 2 is 1.41 bits per heavy atom. The largest absolute Gasteiger partial charge is 0.280 e. The molecule has 4 rings (SSSR count). The molecule has 150 valence electrons. The summed E-state index contributed by atoms with van der Waals surface area (Å²) in [5, 5.41) is 0. The lowest BCUT2D eigenvalue weighted by Crippen LogP contribution is -2.13. The van der Waals surface area contributed by atoms with Gasteiger partial charge in [0.05, 0.1) is 4.90 Å². The number of nitrogens with one attached hydrogen (secondary N) is 1. The van der Waals surface area contributed by atoms with Gasteiger partial charge in [0.15, 0.2) is 0 Å². The first kappa shape index (κ1) is 19.6. The fourth-order valence-electron chi connectivity index (χ4n) is 4.00. The minimum Gasteiger partial charge on any atom is -0.280 e. The Bertz CT molecular complexity index is 1020. The van der Waals surface area contributed by atoms with Crippen LogP contribution in [0, 0.1) is 0 Å². The van der Waals surface area contributed by atoms with E-state index in [1.165, 1.54) is 43.2 Å². The Balaban J connectivity index is 1.42. The van der Waals surface area contributed by atoms with Crippen LogP contribution in [0.3, 0.4) is 0 Å². The number of rotatable bonds is 6. The molecule has 29 heavy (non-hydrogen) atoms. The third-order valence-electron chi connectivity index (χ3n) is 5.63. The van der Waals surface area contributed by atoms with Gasteiger partial charge in [-0.3, -0.25) is 9.71 Å². The van der Waals surface area contributed by atoms with Crippen LogP contribution >= 0.6 is 0 Å². The van der Waals surface area contributed by atoms with Crippen LogP contribution in [0.4, 0.5) is 5.69 Å². The third-order valence-corrected chi connectivity index (χ3v) is 7.03. The topological polar surface area (TPSA) is 59.1 Å². The predicted octanol–water partition coefficient (Wildman–Crippen LogP) is 5.52. The molecule has 0 spiro atoms. The van der Waals surface area contributed by atoms with E-state index >= 15 is 0 Å². The van der Waals surface area contributed by atoms with Gasteiger partial charge in [-0.25, -0.2) is 8.42 Å². The van der Waals surface area contributed by atoms with Gasteiger partial charge >= 0.3 is 0 Å². The zero-order chi connectivity index (χ0) is 20.1. The van der Waals surface area contributed by atoms with Crippen LogP contribution in [0.15, 0.2) is 78.0 Å². The number of nitrogens with zero attached hydrogens (tertiary/aromatic N) is 1. The molecule has 3 aromatic rings. The first-order chi connectivity index (χ1) is 14.1. The lowest BCUT2D eigenvalue weighted by molar-refractivity contribution is 0.443. The van der Waals surface area contributed by atoms with Crippen LogP contribution in [-0.4, -0.2) is 13.4 Å². The van der Waals surface area contributed by atoms with Gasteiger partial charge in [0, 0.05) is 18.1 Å². The maximum absolute atomic E-state index is 12.7. The van der Waals surface area contributed by atoms with E-state index in [4.69, 9.17) is 0 Å². The lowest BCUT2D eigenvalue weighted by Gasteiger charge is -2.22. The van der Waals surface area contributed by atoms with E-state index < -0.39 is 10.0 Å². The molecule has 0 radical (unpaired) electrons. The van der Waals surface area contributed by atoms with Crippen molar-refractivity contribution in [2.45, 2.75) is 49.3 Å². The van der Waals surface area contributed by atoms with Crippen LogP contribution in [0.2, 0.25) is 0 Å². The maximum Gasteiger partial charge on any atom is 0.261 e.